The maximum Gasteiger partial charge on any atom is 0.416 e. The molecule has 2 amide bonds. The number of benzene rings is 2. The van der Waals surface area contributed by atoms with Gasteiger partial charge in [-0.2, -0.15) is 13.2 Å². The number of methoxy groups -OCH3 is 1. The molecule has 4 rings (SSSR count). The van der Waals surface area contributed by atoms with Crippen molar-refractivity contribution in [2.75, 3.05) is 26.8 Å². The van der Waals surface area contributed by atoms with Gasteiger partial charge in [0.2, 0.25) is 5.91 Å². The average Bonchev–Trinajstić information content (AvgIpc) is 3.64. The molecule has 1 fully saturated rings. The summed E-state index contributed by atoms with van der Waals surface area (Å²) < 4.78 is 46.5. The van der Waals surface area contributed by atoms with Crippen LogP contribution in [0.25, 0.3) is 0 Å². The summed E-state index contributed by atoms with van der Waals surface area (Å²) in [6, 6.07) is 16.2. The number of hydrogen-bond donors (Lipinski definition) is 0. The average molecular weight is 528 g/mol. The maximum absolute atomic E-state index is 13.5. The molecule has 2 aromatic carbocycles. The Balaban J connectivity index is 1.49. The summed E-state index contributed by atoms with van der Waals surface area (Å²) in [7, 11) is 1.55. The highest BCUT2D eigenvalue weighted by Gasteiger charge is 2.35. The molecule has 1 saturated carbocycles. The number of hydrogen-bond acceptors (Lipinski definition) is 3. The summed E-state index contributed by atoms with van der Waals surface area (Å²) in [5, 5.41) is 0. The summed E-state index contributed by atoms with van der Waals surface area (Å²) >= 11 is 0. The monoisotopic (exact) mass is 527 g/mol. The van der Waals surface area contributed by atoms with Gasteiger partial charge in [0.1, 0.15) is 6.54 Å². The van der Waals surface area contributed by atoms with Crippen LogP contribution in [0.3, 0.4) is 0 Å². The Bertz CT molecular complexity index is 1250. The Morgan fingerprint density at radius 2 is 1.79 bits per heavy atom. The Labute approximate surface area is 220 Å². The molecule has 1 aromatic heterocycles. The van der Waals surface area contributed by atoms with Gasteiger partial charge in [0, 0.05) is 43.7 Å². The number of carbonyl (C=O) groups excluding carboxylic acids is 2. The van der Waals surface area contributed by atoms with Crippen molar-refractivity contribution in [1.82, 2.24) is 14.4 Å². The molecule has 0 saturated heterocycles. The van der Waals surface area contributed by atoms with Gasteiger partial charge >= 0.3 is 6.18 Å². The van der Waals surface area contributed by atoms with Gasteiger partial charge in [0.15, 0.2) is 0 Å². The smallest absolute Gasteiger partial charge is 0.383 e. The van der Waals surface area contributed by atoms with E-state index in [1.807, 2.05) is 29.7 Å². The summed E-state index contributed by atoms with van der Waals surface area (Å²) in [4.78, 5) is 30.0. The van der Waals surface area contributed by atoms with E-state index in [1.54, 1.807) is 47.4 Å². The van der Waals surface area contributed by atoms with Gasteiger partial charge in [-0.15, -0.1) is 0 Å². The van der Waals surface area contributed by atoms with Gasteiger partial charge < -0.3 is 19.1 Å². The number of amides is 2. The summed E-state index contributed by atoms with van der Waals surface area (Å²) in [6.45, 7) is 3.02. The molecule has 1 aliphatic rings. The summed E-state index contributed by atoms with van der Waals surface area (Å²) in [5.74, 6) is -0.373. The highest BCUT2D eigenvalue weighted by atomic mass is 19.4. The van der Waals surface area contributed by atoms with Crippen LogP contribution >= 0.6 is 0 Å². The van der Waals surface area contributed by atoms with Crippen molar-refractivity contribution in [2.45, 2.75) is 45.1 Å². The number of alkyl halides is 3. The highest BCUT2D eigenvalue weighted by Crippen LogP contribution is 2.30. The molecule has 3 aromatic rings. The van der Waals surface area contributed by atoms with Crippen LogP contribution in [0.2, 0.25) is 0 Å². The second-order valence-electron chi connectivity index (χ2n) is 9.66. The molecule has 0 N–H and O–H groups in total. The van der Waals surface area contributed by atoms with E-state index in [-0.39, 0.29) is 37.5 Å². The zero-order valence-corrected chi connectivity index (χ0v) is 21.6. The van der Waals surface area contributed by atoms with Gasteiger partial charge in [0.25, 0.3) is 5.91 Å². The zero-order valence-electron chi connectivity index (χ0n) is 21.6. The molecule has 0 aliphatic heterocycles. The molecule has 38 heavy (non-hydrogen) atoms. The van der Waals surface area contributed by atoms with Gasteiger partial charge in [-0.1, -0.05) is 29.8 Å². The fourth-order valence-corrected chi connectivity index (χ4v) is 4.34. The number of halogens is 3. The van der Waals surface area contributed by atoms with Crippen LogP contribution < -0.4 is 0 Å². The lowest BCUT2D eigenvalue weighted by Crippen LogP contribution is -2.44. The first-order chi connectivity index (χ1) is 18.2. The maximum atomic E-state index is 13.5. The van der Waals surface area contributed by atoms with Crippen molar-refractivity contribution in [3.8, 4) is 0 Å². The predicted octanol–water partition coefficient (Wildman–Crippen LogP) is 5.14. The van der Waals surface area contributed by atoms with Gasteiger partial charge in [0.05, 0.1) is 18.7 Å². The minimum atomic E-state index is -4.41. The SMILES string of the molecule is COCCN(Cc1cccn1Cc1cccc(C(F)(F)F)c1)C(=O)CN(C(=O)c1ccc(C)cc1)C1CC1. The summed E-state index contributed by atoms with van der Waals surface area (Å²) in [6.07, 6.45) is -0.903. The van der Waals surface area contributed by atoms with Crippen LogP contribution in [0, 0.1) is 6.92 Å². The number of aromatic nitrogens is 1. The van der Waals surface area contributed by atoms with E-state index in [0.717, 1.165) is 36.2 Å². The second kappa shape index (κ2) is 11.9. The molecule has 0 spiro atoms. The van der Waals surface area contributed by atoms with Crippen molar-refractivity contribution in [3.63, 3.8) is 0 Å². The fraction of sp³-hybridized carbons (Fsp3) is 0.379. The highest BCUT2D eigenvalue weighted by molar-refractivity contribution is 5.97. The van der Waals surface area contributed by atoms with Gasteiger partial charge in [-0.05, 0) is 61.7 Å². The first-order valence-corrected chi connectivity index (χ1v) is 12.6. The number of ether oxygens (including phenoxy) is 1. The van der Waals surface area contributed by atoms with Gasteiger partial charge in [-0.3, -0.25) is 9.59 Å². The number of carbonyl (C=O) groups is 2. The van der Waals surface area contributed by atoms with Crippen molar-refractivity contribution in [2.24, 2.45) is 0 Å². The largest absolute Gasteiger partial charge is 0.416 e. The van der Waals surface area contributed by atoms with Crippen molar-refractivity contribution in [3.05, 3.63) is 94.8 Å². The van der Waals surface area contributed by atoms with E-state index in [1.165, 1.54) is 6.07 Å². The van der Waals surface area contributed by atoms with E-state index in [0.29, 0.717) is 24.3 Å². The molecule has 1 aliphatic carbocycles. The van der Waals surface area contributed by atoms with Crippen LogP contribution in [0.5, 0.6) is 0 Å². The van der Waals surface area contributed by atoms with E-state index < -0.39 is 11.7 Å². The van der Waals surface area contributed by atoms with Crippen molar-refractivity contribution >= 4 is 11.8 Å². The Hall–Kier alpha value is -3.59. The van der Waals surface area contributed by atoms with E-state index in [4.69, 9.17) is 4.74 Å². The number of nitrogens with zero attached hydrogens (tertiary/aromatic N) is 3. The normalized spacial score (nSPS) is 13.4. The first-order valence-electron chi connectivity index (χ1n) is 12.6. The lowest BCUT2D eigenvalue weighted by Gasteiger charge is -2.28. The summed E-state index contributed by atoms with van der Waals surface area (Å²) in [5.41, 5.74) is 2.19. The van der Waals surface area contributed by atoms with Crippen LogP contribution in [0.15, 0.2) is 66.9 Å². The van der Waals surface area contributed by atoms with Crippen molar-refractivity contribution < 1.29 is 27.5 Å². The van der Waals surface area contributed by atoms with Crippen LogP contribution in [-0.4, -0.2) is 59.0 Å². The Morgan fingerprint density at radius 3 is 2.45 bits per heavy atom. The van der Waals surface area contributed by atoms with Crippen LogP contribution in [0.4, 0.5) is 13.2 Å². The van der Waals surface area contributed by atoms with Crippen molar-refractivity contribution in [1.29, 1.82) is 0 Å². The standard InChI is InChI=1S/C29H32F3N3O3/c1-21-8-10-23(11-9-21)28(37)35(25-12-13-25)20-27(36)34(15-16-38-2)19-26-7-4-14-33(26)18-22-5-3-6-24(17-22)29(30,31)32/h3-11,14,17,25H,12-13,15-16,18-20H2,1-2H3. The molecule has 9 heteroatoms. The Morgan fingerprint density at radius 1 is 1.05 bits per heavy atom. The zero-order chi connectivity index (χ0) is 27.3. The molecular formula is C29H32F3N3O3. The molecule has 6 nitrogen and oxygen atoms in total. The minimum Gasteiger partial charge on any atom is -0.383 e. The van der Waals surface area contributed by atoms with Gasteiger partial charge in [-0.25, -0.2) is 0 Å². The molecule has 0 radical (unpaired) electrons. The third kappa shape index (κ3) is 7.04. The Kier molecular flexibility index (Phi) is 8.56. The molecule has 0 bridgehead atoms. The van der Waals surface area contributed by atoms with E-state index >= 15 is 0 Å². The molecule has 1 heterocycles. The third-order valence-electron chi connectivity index (χ3n) is 6.65. The third-order valence-corrected chi connectivity index (χ3v) is 6.65. The topological polar surface area (TPSA) is 54.8 Å². The molecule has 0 atom stereocenters. The van der Waals surface area contributed by atoms with E-state index in [9.17, 15) is 22.8 Å². The molecular weight excluding hydrogens is 495 g/mol. The van der Waals surface area contributed by atoms with Crippen LogP contribution in [-0.2, 0) is 28.8 Å². The molecule has 0 unspecified atom stereocenters. The lowest BCUT2D eigenvalue weighted by atomic mass is 10.1. The lowest BCUT2D eigenvalue weighted by molar-refractivity contribution is -0.137. The first kappa shape index (κ1) is 27.4. The quantitative estimate of drug-likeness (QED) is 0.347. The number of rotatable bonds is 11. The number of aryl methyl sites for hydroxylation is 1. The minimum absolute atomic E-state index is 0.0433. The second-order valence-corrected chi connectivity index (χ2v) is 9.66. The van der Waals surface area contributed by atoms with Crippen LogP contribution in [0.1, 0.15) is 45.6 Å². The van der Waals surface area contributed by atoms with E-state index in [2.05, 4.69) is 0 Å². The fourth-order valence-electron chi connectivity index (χ4n) is 4.34. The molecule has 202 valence electrons. The predicted molar refractivity (Wildman–Crippen MR) is 138 cm³/mol.